The van der Waals surface area contributed by atoms with Crippen LogP contribution in [0.2, 0.25) is 0 Å². The van der Waals surface area contributed by atoms with Gasteiger partial charge in [-0.25, -0.2) is 0 Å². The van der Waals surface area contributed by atoms with Crippen molar-refractivity contribution < 1.29 is 4.79 Å². The van der Waals surface area contributed by atoms with Crippen molar-refractivity contribution in [3.05, 3.63) is 35.9 Å². The summed E-state index contributed by atoms with van der Waals surface area (Å²) < 4.78 is 0. The maximum absolute atomic E-state index is 12.5. The van der Waals surface area contributed by atoms with Gasteiger partial charge in [0, 0.05) is 19.6 Å². The van der Waals surface area contributed by atoms with Crippen LogP contribution in [0.5, 0.6) is 0 Å². The second-order valence-corrected chi connectivity index (χ2v) is 5.12. The minimum absolute atomic E-state index is 0.112. The quantitative estimate of drug-likeness (QED) is 0.833. The lowest BCUT2D eigenvalue weighted by atomic mass is 10.0. The molecule has 3 nitrogen and oxygen atoms in total. The molecular formula is C15H22N2O. The lowest BCUT2D eigenvalue weighted by Crippen LogP contribution is -2.40. The number of hydrogen-bond donors (Lipinski definition) is 1. The molecule has 2 rings (SSSR count). The van der Waals surface area contributed by atoms with E-state index in [-0.39, 0.29) is 5.41 Å². The molecule has 3 heteroatoms. The van der Waals surface area contributed by atoms with Crippen LogP contribution in [0.3, 0.4) is 0 Å². The predicted octanol–water partition coefficient (Wildman–Crippen LogP) is 2.03. The first-order chi connectivity index (χ1) is 8.72. The van der Waals surface area contributed by atoms with Gasteiger partial charge in [-0.1, -0.05) is 30.3 Å². The molecule has 0 aromatic heterocycles. The number of nitrogens with zero attached hydrogens (tertiary/aromatic N) is 1. The normalized spacial score (nSPS) is 16.3. The highest BCUT2D eigenvalue weighted by atomic mass is 16.2. The summed E-state index contributed by atoms with van der Waals surface area (Å²) in [6, 6.07) is 10.2. The Kier molecular flexibility index (Phi) is 4.02. The Balaban J connectivity index is 2.03. The average Bonchev–Trinajstić information content (AvgIpc) is 3.18. The van der Waals surface area contributed by atoms with Gasteiger partial charge in [-0.05, 0) is 32.4 Å². The van der Waals surface area contributed by atoms with E-state index in [1.54, 1.807) is 0 Å². The van der Waals surface area contributed by atoms with E-state index in [0.717, 1.165) is 32.5 Å². The number of hydrogen-bond acceptors (Lipinski definition) is 2. The molecule has 1 amide bonds. The summed E-state index contributed by atoms with van der Waals surface area (Å²) in [5.74, 6) is 0.309. The molecule has 98 valence electrons. The second-order valence-electron chi connectivity index (χ2n) is 5.12. The molecule has 1 N–H and O–H groups in total. The molecule has 1 aliphatic carbocycles. The Hall–Kier alpha value is -1.35. The van der Waals surface area contributed by atoms with Crippen molar-refractivity contribution in [1.82, 2.24) is 10.2 Å². The van der Waals surface area contributed by atoms with Crippen LogP contribution in [0.25, 0.3) is 0 Å². The topological polar surface area (TPSA) is 32.3 Å². The van der Waals surface area contributed by atoms with Gasteiger partial charge in [-0.2, -0.15) is 0 Å². The van der Waals surface area contributed by atoms with Crippen molar-refractivity contribution in [2.45, 2.75) is 26.3 Å². The van der Waals surface area contributed by atoms with Crippen molar-refractivity contribution in [3.8, 4) is 0 Å². The number of carbonyl (C=O) groups excluding carboxylic acids is 1. The summed E-state index contributed by atoms with van der Waals surface area (Å²) in [6.07, 6.45) is 2.05. The van der Waals surface area contributed by atoms with Crippen molar-refractivity contribution in [2.75, 3.05) is 20.1 Å². The molecule has 1 aromatic rings. The molecule has 1 aromatic carbocycles. The molecule has 0 atom stereocenters. The van der Waals surface area contributed by atoms with Crippen LogP contribution < -0.4 is 5.32 Å². The Morgan fingerprint density at radius 2 is 2.00 bits per heavy atom. The van der Waals surface area contributed by atoms with Gasteiger partial charge in [0.2, 0.25) is 5.91 Å². The lowest BCUT2D eigenvalue weighted by Gasteiger charge is -2.26. The highest BCUT2D eigenvalue weighted by Crippen LogP contribution is 2.46. The molecule has 0 spiro atoms. The number of rotatable bonds is 6. The molecule has 0 aliphatic heterocycles. The zero-order valence-electron chi connectivity index (χ0n) is 11.3. The third-order valence-electron chi connectivity index (χ3n) is 3.71. The molecule has 0 saturated heterocycles. The average molecular weight is 246 g/mol. The van der Waals surface area contributed by atoms with Crippen LogP contribution in [-0.4, -0.2) is 30.9 Å². The Morgan fingerprint density at radius 3 is 2.50 bits per heavy atom. The van der Waals surface area contributed by atoms with E-state index in [1.165, 1.54) is 5.56 Å². The third kappa shape index (κ3) is 2.72. The summed E-state index contributed by atoms with van der Waals surface area (Å²) in [5.41, 5.74) is 1.09. The predicted molar refractivity (Wildman–Crippen MR) is 73.1 cm³/mol. The van der Waals surface area contributed by atoms with Crippen LogP contribution in [0.1, 0.15) is 25.3 Å². The van der Waals surface area contributed by atoms with E-state index in [2.05, 4.69) is 24.4 Å². The van der Waals surface area contributed by atoms with E-state index in [0.29, 0.717) is 5.91 Å². The number of amides is 1. The summed E-state index contributed by atoms with van der Waals surface area (Å²) in [7, 11) is 1.92. The Labute approximate surface area is 109 Å². The van der Waals surface area contributed by atoms with Crippen molar-refractivity contribution in [1.29, 1.82) is 0 Å². The van der Waals surface area contributed by atoms with Crippen molar-refractivity contribution in [2.24, 2.45) is 5.41 Å². The first-order valence-electron chi connectivity index (χ1n) is 6.70. The molecule has 1 fully saturated rings. The fourth-order valence-electron chi connectivity index (χ4n) is 2.42. The molecule has 1 saturated carbocycles. The zero-order valence-corrected chi connectivity index (χ0v) is 11.3. The smallest absolute Gasteiger partial charge is 0.230 e. The van der Waals surface area contributed by atoms with E-state index >= 15 is 0 Å². The number of carbonyl (C=O) groups is 1. The molecule has 0 heterocycles. The molecule has 0 unspecified atom stereocenters. The van der Waals surface area contributed by atoms with Crippen LogP contribution in [-0.2, 0) is 11.3 Å². The van der Waals surface area contributed by atoms with E-state index in [4.69, 9.17) is 0 Å². The van der Waals surface area contributed by atoms with Crippen LogP contribution in [0, 0.1) is 5.41 Å². The summed E-state index contributed by atoms with van der Waals surface area (Å²) in [6.45, 7) is 4.36. The number of benzene rings is 1. The highest BCUT2D eigenvalue weighted by Gasteiger charge is 2.50. The standard InChI is InChI=1S/C15H22N2O/c1-3-17(11-13-7-5-4-6-8-13)14(18)15(9-10-15)12-16-2/h4-8,16H,3,9-12H2,1-2H3. The first kappa shape index (κ1) is 13.1. The van der Waals surface area contributed by atoms with E-state index in [1.807, 2.05) is 30.1 Å². The third-order valence-corrected chi connectivity index (χ3v) is 3.71. The molecule has 18 heavy (non-hydrogen) atoms. The van der Waals surface area contributed by atoms with Gasteiger partial charge >= 0.3 is 0 Å². The van der Waals surface area contributed by atoms with Gasteiger partial charge in [0.15, 0.2) is 0 Å². The molecular weight excluding hydrogens is 224 g/mol. The van der Waals surface area contributed by atoms with Crippen molar-refractivity contribution >= 4 is 5.91 Å². The SMILES string of the molecule is CCN(Cc1ccccc1)C(=O)C1(CNC)CC1. The minimum atomic E-state index is -0.112. The molecule has 0 bridgehead atoms. The fourth-order valence-corrected chi connectivity index (χ4v) is 2.42. The second kappa shape index (κ2) is 5.53. The van der Waals surface area contributed by atoms with Gasteiger partial charge in [0.1, 0.15) is 0 Å². The van der Waals surface area contributed by atoms with Gasteiger partial charge < -0.3 is 10.2 Å². The van der Waals surface area contributed by atoms with Gasteiger partial charge in [-0.3, -0.25) is 4.79 Å². The number of nitrogens with one attached hydrogen (secondary N) is 1. The van der Waals surface area contributed by atoms with E-state index in [9.17, 15) is 4.79 Å². The molecule has 0 radical (unpaired) electrons. The van der Waals surface area contributed by atoms with Gasteiger partial charge in [0.25, 0.3) is 0 Å². The van der Waals surface area contributed by atoms with Crippen LogP contribution in [0.4, 0.5) is 0 Å². The largest absolute Gasteiger partial charge is 0.338 e. The summed E-state index contributed by atoms with van der Waals surface area (Å²) in [5, 5.41) is 3.15. The minimum Gasteiger partial charge on any atom is -0.338 e. The van der Waals surface area contributed by atoms with Crippen LogP contribution in [0.15, 0.2) is 30.3 Å². The molecule has 1 aliphatic rings. The fraction of sp³-hybridized carbons (Fsp3) is 0.533. The van der Waals surface area contributed by atoms with Gasteiger partial charge in [-0.15, -0.1) is 0 Å². The van der Waals surface area contributed by atoms with Crippen LogP contribution >= 0.6 is 0 Å². The van der Waals surface area contributed by atoms with Crippen molar-refractivity contribution in [3.63, 3.8) is 0 Å². The summed E-state index contributed by atoms with van der Waals surface area (Å²) >= 11 is 0. The van der Waals surface area contributed by atoms with Gasteiger partial charge in [0.05, 0.1) is 5.41 Å². The maximum atomic E-state index is 12.5. The summed E-state index contributed by atoms with van der Waals surface area (Å²) in [4.78, 5) is 14.5. The Bertz CT molecular complexity index is 398. The highest BCUT2D eigenvalue weighted by molar-refractivity contribution is 5.85. The van der Waals surface area contributed by atoms with E-state index < -0.39 is 0 Å². The monoisotopic (exact) mass is 246 g/mol. The lowest BCUT2D eigenvalue weighted by molar-refractivity contribution is -0.137. The Morgan fingerprint density at radius 1 is 1.33 bits per heavy atom. The maximum Gasteiger partial charge on any atom is 0.230 e. The first-order valence-corrected chi connectivity index (χ1v) is 6.70. The zero-order chi connectivity index (χ0) is 13.0.